The van der Waals surface area contributed by atoms with Gasteiger partial charge in [0.15, 0.2) is 0 Å². The van der Waals surface area contributed by atoms with Crippen molar-refractivity contribution in [3.63, 3.8) is 0 Å². The first-order valence-corrected chi connectivity index (χ1v) is 8.35. The van der Waals surface area contributed by atoms with Gasteiger partial charge in [0.05, 0.1) is 17.2 Å². The van der Waals surface area contributed by atoms with E-state index in [4.69, 9.17) is 27.9 Å². The van der Waals surface area contributed by atoms with Crippen molar-refractivity contribution < 1.29 is 4.74 Å². The Balaban J connectivity index is 2.03. The summed E-state index contributed by atoms with van der Waals surface area (Å²) in [4.78, 5) is 0. The summed E-state index contributed by atoms with van der Waals surface area (Å²) in [5.41, 5.74) is 5.63. The van der Waals surface area contributed by atoms with Gasteiger partial charge in [0.1, 0.15) is 5.75 Å². The Morgan fingerprint density at radius 3 is 2.04 bits per heavy atom. The van der Waals surface area contributed by atoms with Gasteiger partial charge >= 0.3 is 0 Å². The molecule has 0 aliphatic heterocycles. The summed E-state index contributed by atoms with van der Waals surface area (Å²) in [5.74, 6) is 0.823. The molecule has 0 amide bonds. The zero-order valence-electron chi connectivity index (χ0n) is 13.2. The van der Waals surface area contributed by atoms with Gasteiger partial charge in [0.2, 0.25) is 0 Å². The lowest BCUT2D eigenvalue weighted by Gasteiger charge is -2.21. The molecule has 0 atom stereocenters. The first-order valence-electron chi connectivity index (χ1n) is 7.59. The fourth-order valence-electron chi connectivity index (χ4n) is 2.84. The van der Waals surface area contributed by atoms with Crippen molar-refractivity contribution in [2.24, 2.45) is 0 Å². The average molecular weight is 345 g/mol. The Labute approximate surface area is 147 Å². The molecule has 1 aliphatic carbocycles. The van der Waals surface area contributed by atoms with Gasteiger partial charge in [0, 0.05) is 0 Å². The van der Waals surface area contributed by atoms with Crippen LogP contribution in [0.5, 0.6) is 5.75 Å². The molecule has 23 heavy (non-hydrogen) atoms. The summed E-state index contributed by atoms with van der Waals surface area (Å²) >= 11 is 13.2. The van der Waals surface area contributed by atoms with E-state index in [2.05, 4.69) is 31.2 Å². The second-order valence-electron chi connectivity index (χ2n) is 5.68. The van der Waals surface area contributed by atoms with E-state index in [1.165, 1.54) is 5.56 Å². The van der Waals surface area contributed by atoms with Gasteiger partial charge in [-0.1, -0.05) is 65.2 Å². The highest BCUT2D eigenvalue weighted by molar-refractivity contribution is 6.48. The molecule has 3 heteroatoms. The first kappa shape index (κ1) is 16.2. The van der Waals surface area contributed by atoms with E-state index in [0.717, 1.165) is 40.9 Å². The third kappa shape index (κ3) is 3.31. The molecule has 0 aromatic heterocycles. The maximum atomic E-state index is 6.59. The minimum Gasteiger partial charge on any atom is -0.497 e. The fraction of sp³-hybridized carbons (Fsp3) is 0.200. The number of rotatable bonds is 3. The smallest absolute Gasteiger partial charge is 0.119 e. The van der Waals surface area contributed by atoms with Crippen molar-refractivity contribution in [1.29, 1.82) is 0 Å². The second kappa shape index (κ2) is 6.82. The molecule has 1 nitrogen and oxygen atoms in total. The van der Waals surface area contributed by atoms with Gasteiger partial charge in [0.25, 0.3) is 0 Å². The highest BCUT2D eigenvalue weighted by Gasteiger charge is 2.21. The third-order valence-electron chi connectivity index (χ3n) is 4.17. The van der Waals surface area contributed by atoms with Crippen LogP contribution in [0.15, 0.2) is 58.6 Å². The number of benzene rings is 2. The molecule has 0 fully saturated rings. The van der Waals surface area contributed by atoms with Crippen molar-refractivity contribution in [3.05, 3.63) is 75.3 Å². The number of ether oxygens (including phenoxy) is 1. The predicted molar refractivity (Wildman–Crippen MR) is 99.0 cm³/mol. The maximum Gasteiger partial charge on any atom is 0.119 e. The van der Waals surface area contributed by atoms with Crippen LogP contribution in [0.4, 0.5) is 0 Å². The molecule has 0 heterocycles. The summed E-state index contributed by atoms with van der Waals surface area (Å²) in [6.07, 6.45) is 1.75. The van der Waals surface area contributed by atoms with Crippen LogP contribution >= 0.6 is 23.2 Å². The Hall–Kier alpha value is -1.70. The molecule has 0 saturated carbocycles. The number of methoxy groups -OCH3 is 1. The van der Waals surface area contributed by atoms with Gasteiger partial charge in [-0.25, -0.2) is 0 Å². The molecule has 118 valence electrons. The van der Waals surface area contributed by atoms with Crippen molar-refractivity contribution in [1.82, 2.24) is 0 Å². The van der Waals surface area contributed by atoms with E-state index in [1.807, 2.05) is 24.3 Å². The van der Waals surface area contributed by atoms with Crippen LogP contribution in [0.3, 0.4) is 0 Å². The third-order valence-corrected chi connectivity index (χ3v) is 5.10. The predicted octanol–water partition coefficient (Wildman–Crippen LogP) is 6.40. The van der Waals surface area contributed by atoms with Crippen molar-refractivity contribution in [2.75, 3.05) is 7.11 Å². The molecule has 2 aromatic rings. The molecule has 0 bridgehead atoms. The Bertz CT molecular complexity index is 786. The van der Waals surface area contributed by atoms with Gasteiger partial charge in [-0.15, -0.1) is 0 Å². The van der Waals surface area contributed by atoms with Crippen LogP contribution < -0.4 is 4.74 Å². The molecule has 0 radical (unpaired) electrons. The van der Waals surface area contributed by atoms with Gasteiger partial charge < -0.3 is 4.74 Å². The van der Waals surface area contributed by atoms with Crippen LogP contribution in [-0.4, -0.2) is 7.11 Å². The topological polar surface area (TPSA) is 9.23 Å². The number of halogens is 2. The van der Waals surface area contributed by atoms with E-state index in [9.17, 15) is 0 Å². The van der Waals surface area contributed by atoms with Crippen LogP contribution in [0.2, 0.25) is 0 Å². The zero-order valence-corrected chi connectivity index (χ0v) is 14.7. The molecule has 3 rings (SSSR count). The minimum absolute atomic E-state index is 0.641. The van der Waals surface area contributed by atoms with E-state index in [0.29, 0.717) is 10.1 Å². The molecular weight excluding hydrogens is 327 g/mol. The zero-order chi connectivity index (χ0) is 16.4. The summed E-state index contributed by atoms with van der Waals surface area (Å²) < 4.78 is 5.30. The summed E-state index contributed by atoms with van der Waals surface area (Å²) in [6, 6.07) is 16.3. The number of aryl methyl sites for hydroxylation is 1. The number of hydrogen-bond acceptors (Lipinski definition) is 1. The van der Waals surface area contributed by atoms with Crippen molar-refractivity contribution in [2.45, 2.75) is 19.8 Å². The lowest BCUT2D eigenvalue weighted by molar-refractivity contribution is 0.414. The van der Waals surface area contributed by atoms with Gasteiger partial charge in [-0.3, -0.25) is 0 Å². The largest absolute Gasteiger partial charge is 0.497 e. The number of hydrogen-bond donors (Lipinski definition) is 0. The molecule has 0 N–H and O–H groups in total. The highest BCUT2D eigenvalue weighted by atomic mass is 35.5. The van der Waals surface area contributed by atoms with E-state index >= 15 is 0 Å². The molecule has 0 unspecified atom stereocenters. The van der Waals surface area contributed by atoms with Crippen molar-refractivity contribution in [3.8, 4) is 5.75 Å². The monoisotopic (exact) mass is 344 g/mol. The van der Waals surface area contributed by atoms with Crippen LogP contribution in [0.25, 0.3) is 11.1 Å². The summed E-state index contributed by atoms with van der Waals surface area (Å²) in [6.45, 7) is 2.08. The Morgan fingerprint density at radius 2 is 1.43 bits per heavy atom. The first-order chi connectivity index (χ1) is 11.1. The standard InChI is InChI=1S/C20H18Cl2O/c1-13-6-8-14(9-7-13)17-10-11-18(20(22)19(17)21)15-4-3-5-16(12-15)23-2/h3-9,12H,10-11H2,1-2H3. The lowest BCUT2D eigenvalue weighted by Crippen LogP contribution is -2.00. The minimum atomic E-state index is 0.641. The fourth-order valence-corrected chi connectivity index (χ4v) is 3.48. The maximum absolute atomic E-state index is 6.59. The van der Waals surface area contributed by atoms with E-state index in [1.54, 1.807) is 7.11 Å². The molecular formula is C20H18Cl2O. The normalized spacial score (nSPS) is 15.1. The average Bonchev–Trinajstić information content (AvgIpc) is 2.58. The molecule has 0 spiro atoms. The van der Waals surface area contributed by atoms with Crippen molar-refractivity contribution >= 4 is 34.3 Å². The molecule has 0 saturated heterocycles. The highest BCUT2D eigenvalue weighted by Crippen LogP contribution is 2.43. The summed E-state index contributed by atoms with van der Waals surface area (Å²) in [5, 5.41) is 1.29. The summed E-state index contributed by atoms with van der Waals surface area (Å²) in [7, 11) is 1.67. The van der Waals surface area contributed by atoms with Crippen LogP contribution in [0.1, 0.15) is 29.5 Å². The van der Waals surface area contributed by atoms with Gasteiger partial charge in [-0.05, 0) is 54.2 Å². The number of allylic oxidation sites excluding steroid dienone is 4. The quantitative estimate of drug-likeness (QED) is 0.626. The van der Waals surface area contributed by atoms with Gasteiger partial charge in [-0.2, -0.15) is 0 Å². The molecule has 2 aromatic carbocycles. The molecule has 1 aliphatic rings. The second-order valence-corrected chi connectivity index (χ2v) is 6.44. The van der Waals surface area contributed by atoms with Crippen LogP contribution in [-0.2, 0) is 0 Å². The lowest BCUT2D eigenvalue weighted by atomic mass is 9.89. The SMILES string of the molecule is COc1cccc(C2=C(Cl)C(Cl)=C(c3ccc(C)cc3)CC2)c1. The van der Waals surface area contributed by atoms with E-state index < -0.39 is 0 Å². The Morgan fingerprint density at radius 1 is 0.826 bits per heavy atom. The van der Waals surface area contributed by atoms with E-state index in [-0.39, 0.29) is 0 Å². The van der Waals surface area contributed by atoms with Crippen LogP contribution in [0, 0.1) is 6.92 Å². The Kier molecular flexibility index (Phi) is 4.79.